The van der Waals surface area contributed by atoms with Crippen molar-refractivity contribution in [3.8, 4) is 0 Å². The Morgan fingerprint density at radius 2 is 1.84 bits per heavy atom. The average Bonchev–Trinajstić information content (AvgIpc) is 2.79. The van der Waals surface area contributed by atoms with Gasteiger partial charge in [-0.05, 0) is 56.8 Å². The highest BCUT2D eigenvalue weighted by Gasteiger charge is 2.65. The van der Waals surface area contributed by atoms with Crippen molar-refractivity contribution in [3.63, 3.8) is 0 Å². The number of carbonyl (C=O) groups excluding carboxylic acids is 1. The molecule has 2 N–H and O–H groups in total. The minimum atomic E-state index is -0.937. The van der Waals surface area contributed by atoms with E-state index in [1.807, 2.05) is 6.08 Å². The summed E-state index contributed by atoms with van der Waals surface area (Å²) in [5.41, 5.74) is -1.27. The highest BCUT2D eigenvalue weighted by molar-refractivity contribution is 6.19. The molecule has 25 heavy (non-hydrogen) atoms. The van der Waals surface area contributed by atoms with Gasteiger partial charge >= 0.3 is 0 Å². The SMILES string of the molecule is CCCC1C=CC2(CC1)/C(=N/O)C1(CCC(CCC)CC1)C(=O)N2O. The van der Waals surface area contributed by atoms with Crippen LogP contribution < -0.4 is 0 Å². The minimum Gasteiger partial charge on any atom is -0.411 e. The summed E-state index contributed by atoms with van der Waals surface area (Å²) in [5.74, 6) is 0.854. The van der Waals surface area contributed by atoms with Crippen LogP contribution in [0.15, 0.2) is 17.3 Å². The Hall–Kier alpha value is -1.36. The van der Waals surface area contributed by atoms with E-state index in [9.17, 15) is 15.2 Å². The maximum Gasteiger partial charge on any atom is 0.259 e. The van der Waals surface area contributed by atoms with E-state index in [0.29, 0.717) is 36.8 Å². The predicted molar refractivity (Wildman–Crippen MR) is 96.7 cm³/mol. The van der Waals surface area contributed by atoms with Gasteiger partial charge in [0.2, 0.25) is 0 Å². The lowest BCUT2D eigenvalue weighted by Gasteiger charge is -2.38. The zero-order valence-electron chi connectivity index (χ0n) is 15.6. The van der Waals surface area contributed by atoms with Gasteiger partial charge in [0.1, 0.15) is 11.3 Å². The van der Waals surface area contributed by atoms with Crippen molar-refractivity contribution < 1.29 is 15.2 Å². The maximum atomic E-state index is 13.0. The second-order valence-electron chi connectivity index (χ2n) is 8.25. The van der Waals surface area contributed by atoms with E-state index >= 15 is 0 Å². The van der Waals surface area contributed by atoms with Crippen LogP contribution in [0.2, 0.25) is 0 Å². The number of nitrogens with zero attached hydrogens (tertiary/aromatic N) is 2. The average molecular weight is 348 g/mol. The van der Waals surface area contributed by atoms with Gasteiger partial charge in [-0.25, -0.2) is 5.06 Å². The first-order valence-electron chi connectivity index (χ1n) is 10.00. The molecule has 1 amide bonds. The third-order valence-electron chi connectivity index (χ3n) is 6.80. The molecule has 5 heteroatoms. The molecule has 2 spiro atoms. The predicted octanol–water partition coefficient (Wildman–Crippen LogP) is 4.53. The number of hydroxylamine groups is 2. The first-order chi connectivity index (χ1) is 12.0. The number of oxime groups is 1. The van der Waals surface area contributed by atoms with Crippen LogP contribution in [0.4, 0.5) is 0 Å². The van der Waals surface area contributed by atoms with Gasteiger partial charge in [-0.2, -0.15) is 0 Å². The van der Waals surface area contributed by atoms with Crippen molar-refractivity contribution in [2.75, 3.05) is 0 Å². The van der Waals surface area contributed by atoms with E-state index in [1.54, 1.807) is 0 Å². The molecule has 140 valence electrons. The van der Waals surface area contributed by atoms with E-state index in [4.69, 9.17) is 0 Å². The highest BCUT2D eigenvalue weighted by atomic mass is 16.5. The first-order valence-corrected chi connectivity index (χ1v) is 10.00. The Labute approximate surface area is 150 Å². The van der Waals surface area contributed by atoms with Gasteiger partial charge in [0.05, 0.1) is 5.41 Å². The zero-order chi connectivity index (χ0) is 18.1. The van der Waals surface area contributed by atoms with Crippen molar-refractivity contribution in [1.82, 2.24) is 5.06 Å². The van der Waals surface area contributed by atoms with Gasteiger partial charge in [0, 0.05) is 0 Å². The Morgan fingerprint density at radius 1 is 1.16 bits per heavy atom. The van der Waals surface area contributed by atoms with Gasteiger partial charge in [-0.3, -0.25) is 10.0 Å². The molecule has 0 radical (unpaired) electrons. The van der Waals surface area contributed by atoms with Crippen molar-refractivity contribution in [1.29, 1.82) is 0 Å². The Bertz CT molecular complexity index is 563. The zero-order valence-corrected chi connectivity index (χ0v) is 15.6. The number of allylic oxidation sites excluding steroid dienone is 1. The largest absolute Gasteiger partial charge is 0.411 e. The van der Waals surface area contributed by atoms with E-state index < -0.39 is 11.0 Å². The maximum absolute atomic E-state index is 13.0. The minimum absolute atomic E-state index is 0.270. The van der Waals surface area contributed by atoms with E-state index in [-0.39, 0.29) is 5.91 Å². The number of hydrogen-bond acceptors (Lipinski definition) is 4. The van der Waals surface area contributed by atoms with E-state index in [2.05, 4.69) is 25.1 Å². The molecule has 0 aromatic carbocycles. The van der Waals surface area contributed by atoms with Crippen LogP contribution in [0.3, 0.4) is 0 Å². The van der Waals surface area contributed by atoms with Crippen molar-refractivity contribution >= 4 is 11.6 Å². The lowest BCUT2D eigenvalue weighted by Crippen LogP contribution is -2.48. The number of rotatable bonds is 4. The molecule has 2 unspecified atom stereocenters. The van der Waals surface area contributed by atoms with Crippen molar-refractivity contribution in [2.24, 2.45) is 22.4 Å². The van der Waals surface area contributed by atoms with Crippen molar-refractivity contribution in [2.45, 2.75) is 83.6 Å². The lowest BCUT2D eigenvalue weighted by molar-refractivity contribution is -0.179. The fraction of sp³-hybridized carbons (Fsp3) is 0.800. The molecule has 0 aromatic heterocycles. The Morgan fingerprint density at radius 3 is 2.36 bits per heavy atom. The molecular formula is C20H32N2O3. The molecular weight excluding hydrogens is 316 g/mol. The van der Waals surface area contributed by atoms with Gasteiger partial charge in [0.25, 0.3) is 5.91 Å². The van der Waals surface area contributed by atoms with Crippen LogP contribution in [0.5, 0.6) is 0 Å². The number of hydrogen-bond donors (Lipinski definition) is 2. The highest BCUT2D eigenvalue weighted by Crippen LogP contribution is 2.53. The molecule has 0 bridgehead atoms. The molecule has 1 heterocycles. The second kappa shape index (κ2) is 7.10. The summed E-state index contributed by atoms with van der Waals surface area (Å²) in [4.78, 5) is 13.0. The first kappa shape index (κ1) is 18.4. The van der Waals surface area contributed by atoms with Crippen LogP contribution in [0.25, 0.3) is 0 Å². The van der Waals surface area contributed by atoms with Crippen LogP contribution in [-0.2, 0) is 4.79 Å². The quantitative estimate of drug-likeness (QED) is 0.339. The molecule has 0 aromatic rings. The van der Waals surface area contributed by atoms with Crippen LogP contribution in [-0.4, -0.2) is 32.6 Å². The molecule has 1 saturated carbocycles. The van der Waals surface area contributed by atoms with Crippen LogP contribution in [0, 0.1) is 17.3 Å². The molecule has 2 fully saturated rings. The van der Waals surface area contributed by atoms with Gasteiger partial charge in [-0.15, -0.1) is 0 Å². The normalized spacial score (nSPS) is 39.9. The fourth-order valence-electron chi connectivity index (χ4n) is 5.37. The van der Waals surface area contributed by atoms with E-state index in [1.165, 1.54) is 6.42 Å². The second-order valence-corrected chi connectivity index (χ2v) is 8.25. The van der Waals surface area contributed by atoms with Gasteiger partial charge in [0.15, 0.2) is 0 Å². The van der Waals surface area contributed by atoms with Crippen LogP contribution >= 0.6 is 0 Å². The molecule has 2 aliphatic carbocycles. The Kier molecular flexibility index (Phi) is 5.24. The third-order valence-corrected chi connectivity index (χ3v) is 6.80. The fourth-order valence-corrected chi connectivity index (χ4v) is 5.37. The summed E-state index contributed by atoms with van der Waals surface area (Å²) in [5, 5.41) is 25.1. The third kappa shape index (κ3) is 2.80. The molecule has 5 nitrogen and oxygen atoms in total. The van der Waals surface area contributed by atoms with Gasteiger partial charge < -0.3 is 5.21 Å². The summed E-state index contributed by atoms with van der Waals surface area (Å²) in [6.45, 7) is 4.36. The topological polar surface area (TPSA) is 73.1 Å². The summed E-state index contributed by atoms with van der Waals surface area (Å²) in [7, 11) is 0. The standard InChI is InChI=1S/C20H32N2O3/c1-3-5-15-7-11-19(12-8-15)17(21-24)20(22(25)18(19)23)13-9-16(6-4-2)10-14-20/h9,13,15-16,24-25H,3-8,10-12,14H2,1-2H3/b21-17+. The molecule has 2 atom stereocenters. The summed E-state index contributed by atoms with van der Waals surface area (Å²) in [6, 6.07) is 0. The lowest BCUT2D eigenvalue weighted by atomic mass is 9.64. The summed E-state index contributed by atoms with van der Waals surface area (Å²) in [6.07, 6.45) is 13.4. The molecule has 1 aliphatic heterocycles. The monoisotopic (exact) mass is 348 g/mol. The van der Waals surface area contributed by atoms with Gasteiger partial charge in [-0.1, -0.05) is 50.4 Å². The van der Waals surface area contributed by atoms with E-state index in [0.717, 1.165) is 43.6 Å². The summed E-state index contributed by atoms with van der Waals surface area (Å²) >= 11 is 0. The Balaban J connectivity index is 1.89. The number of amides is 1. The number of carbonyl (C=O) groups is 1. The molecule has 3 aliphatic rings. The summed E-state index contributed by atoms with van der Waals surface area (Å²) < 4.78 is 0. The molecule has 3 rings (SSSR count). The van der Waals surface area contributed by atoms with Crippen molar-refractivity contribution in [3.05, 3.63) is 12.2 Å². The smallest absolute Gasteiger partial charge is 0.259 e. The van der Waals surface area contributed by atoms with Crippen LogP contribution in [0.1, 0.15) is 78.1 Å². The molecule has 1 saturated heterocycles.